The molecule has 1 amide bonds. The number of piperidine rings is 1. The predicted octanol–water partition coefficient (Wildman–Crippen LogP) is 3.88. The largest absolute Gasteiger partial charge is 0.445 e. The Morgan fingerprint density at radius 3 is 3.12 bits per heavy atom. The first kappa shape index (κ1) is 16.9. The molecule has 7 heteroatoms. The molecule has 0 bridgehead atoms. The minimum atomic E-state index is -0.258. The van der Waals surface area contributed by atoms with E-state index in [1.165, 1.54) is 23.5 Å². The summed E-state index contributed by atoms with van der Waals surface area (Å²) >= 11 is 1.36. The Hall–Kier alpha value is -2.54. The van der Waals surface area contributed by atoms with Crippen molar-refractivity contribution in [2.45, 2.75) is 25.2 Å². The smallest absolute Gasteiger partial charge is 0.265 e. The van der Waals surface area contributed by atoms with Crippen LogP contribution in [0, 0.1) is 5.82 Å². The first-order valence-electron chi connectivity index (χ1n) is 8.56. The van der Waals surface area contributed by atoms with Gasteiger partial charge in [-0.2, -0.15) is 0 Å². The van der Waals surface area contributed by atoms with Gasteiger partial charge >= 0.3 is 0 Å². The lowest BCUT2D eigenvalue weighted by atomic mass is 9.98. The fourth-order valence-electron chi connectivity index (χ4n) is 3.28. The zero-order valence-electron chi connectivity index (χ0n) is 14.1. The van der Waals surface area contributed by atoms with Crippen LogP contribution in [-0.4, -0.2) is 33.9 Å². The van der Waals surface area contributed by atoms with Gasteiger partial charge in [-0.15, -0.1) is 11.3 Å². The Morgan fingerprint density at radius 1 is 1.38 bits per heavy atom. The number of amides is 1. The van der Waals surface area contributed by atoms with Gasteiger partial charge in [0.1, 0.15) is 16.5 Å². The molecule has 0 spiro atoms. The number of hydrogen-bond donors (Lipinski definition) is 0. The van der Waals surface area contributed by atoms with Crippen molar-refractivity contribution >= 4 is 17.2 Å². The summed E-state index contributed by atoms with van der Waals surface area (Å²) in [6, 6.07) is 6.47. The molecular formula is C19H18FN3O2S. The van der Waals surface area contributed by atoms with E-state index < -0.39 is 0 Å². The van der Waals surface area contributed by atoms with Gasteiger partial charge < -0.3 is 9.32 Å². The molecule has 0 saturated carbocycles. The monoisotopic (exact) mass is 371 g/mol. The predicted molar refractivity (Wildman–Crippen MR) is 95.7 cm³/mol. The summed E-state index contributed by atoms with van der Waals surface area (Å²) in [6.07, 6.45) is 5.66. The SMILES string of the molecule is O=C(c1cncs1)N1CCC[C@@H](c2ncc(Cc3cccc(F)c3)o2)C1. The van der Waals surface area contributed by atoms with Crippen LogP contribution < -0.4 is 0 Å². The highest BCUT2D eigenvalue weighted by Gasteiger charge is 2.28. The number of carbonyl (C=O) groups is 1. The number of benzene rings is 1. The van der Waals surface area contributed by atoms with Crippen LogP contribution in [0.5, 0.6) is 0 Å². The van der Waals surface area contributed by atoms with E-state index in [4.69, 9.17) is 4.42 Å². The Kier molecular flexibility index (Phi) is 4.79. The summed E-state index contributed by atoms with van der Waals surface area (Å²) in [7, 11) is 0. The van der Waals surface area contributed by atoms with Crippen LogP contribution in [0.1, 0.15) is 45.6 Å². The zero-order chi connectivity index (χ0) is 17.9. The van der Waals surface area contributed by atoms with Gasteiger partial charge in [-0.1, -0.05) is 12.1 Å². The zero-order valence-corrected chi connectivity index (χ0v) is 14.9. The minimum absolute atomic E-state index is 0.0174. The number of likely N-dealkylation sites (tertiary alicyclic amines) is 1. The van der Waals surface area contributed by atoms with Gasteiger partial charge in [0, 0.05) is 19.5 Å². The summed E-state index contributed by atoms with van der Waals surface area (Å²) in [6.45, 7) is 1.33. The third kappa shape index (κ3) is 3.67. The van der Waals surface area contributed by atoms with E-state index in [1.54, 1.807) is 24.0 Å². The van der Waals surface area contributed by atoms with E-state index in [2.05, 4.69) is 9.97 Å². The maximum absolute atomic E-state index is 13.3. The van der Waals surface area contributed by atoms with Crippen LogP contribution in [-0.2, 0) is 6.42 Å². The topological polar surface area (TPSA) is 59.2 Å². The van der Waals surface area contributed by atoms with Crippen molar-refractivity contribution in [3.63, 3.8) is 0 Å². The molecule has 0 N–H and O–H groups in total. The fraction of sp³-hybridized carbons (Fsp3) is 0.316. The highest BCUT2D eigenvalue weighted by molar-refractivity contribution is 7.11. The van der Waals surface area contributed by atoms with Crippen molar-refractivity contribution in [2.24, 2.45) is 0 Å². The molecule has 0 aliphatic carbocycles. The number of nitrogens with zero attached hydrogens (tertiary/aromatic N) is 3. The van der Waals surface area contributed by atoms with E-state index in [9.17, 15) is 9.18 Å². The maximum Gasteiger partial charge on any atom is 0.265 e. The van der Waals surface area contributed by atoms with Crippen molar-refractivity contribution < 1.29 is 13.6 Å². The van der Waals surface area contributed by atoms with Crippen LogP contribution in [0.25, 0.3) is 0 Å². The highest BCUT2D eigenvalue weighted by Crippen LogP contribution is 2.28. The third-order valence-corrected chi connectivity index (χ3v) is 5.30. The van der Waals surface area contributed by atoms with E-state index in [-0.39, 0.29) is 17.6 Å². The summed E-state index contributed by atoms with van der Waals surface area (Å²) in [5.74, 6) is 1.20. The van der Waals surface area contributed by atoms with Gasteiger partial charge in [-0.05, 0) is 30.5 Å². The molecule has 26 heavy (non-hydrogen) atoms. The molecule has 1 saturated heterocycles. The number of thiazole rings is 1. The molecule has 1 aliphatic heterocycles. The molecule has 2 aromatic heterocycles. The molecular weight excluding hydrogens is 353 g/mol. The molecule has 0 unspecified atom stereocenters. The Balaban J connectivity index is 1.44. The van der Waals surface area contributed by atoms with E-state index in [0.717, 1.165) is 24.9 Å². The summed E-state index contributed by atoms with van der Waals surface area (Å²) in [4.78, 5) is 23.4. The van der Waals surface area contributed by atoms with Gasteiger partial charge in [0.15, 0.2) is 5.89 Å². The van der Waals surface area contributed by atoms with Gasteiger partial charge in [0.25, 0.3) is 5.91 Å². The second-order valence-electron chi connectivity index (χ2n) is 6.43. The number of aromatic nitrogens is 2. The van der Waals surface area contributed by atoms with Crippen LogP contribution in [0.3, 0.4) is 0 Å². The summed E-state index contributed by atoms with van der Waals surface area (Å²) in [5, 5.41) is 0. The van der Waals surface area contributed by atoms with Crippen molar-refractivity contribution in [1.82, 2.24) is 14.9 Å². The third-order valence-electron chi connectivity index (χ3n) is 4.54. The average molecular weight is 371 g/mol. The standard InChI is InChI=1S/C19H18FN3O2S/c20-15-5-1-3-13(7-15)8-16-9-22-18(25-16)14-4-2-6-23(11-14)19(24)17-10-21-12-26-17/h1,3,5,7,9-10,12,14H,2,4,6,8,11H2/t14-/m1/s1. The van der Waals surface area contributed by atoms with Gasteiger partial charge in [-0.3, -0.25) is 9.78 Å². The van der Waals surface area contributed by atoms with Crippen molar-refractivity contribution in [3.05, 3.63) is 70.1 Å². The van der Waals surface area contributed by atoms with Crippen LogP contribution in [0.4, 0.5) is 4.39 Å². The lowest BCUT2D eigenvalue weighted by Crippen LogP contribution is -2.38. The lowest BCUT2D eigenvalue weighted by Gasteiger charge is -2.30. The van der Waals surface area contributed by atoms with Gasteiger partial charge in [0.05, 0.1) is 23.8 Å². The summed E-state index contributed by atoms with van der Waals surface area (Å²) in [5.41, 5.74) is 2.51. The molecule has 1 aliphatic rings. The van der Waals surface area contributed by atoms with Crippen molar-refractivity contribution in [1.29, 1.82) is 0 Å². The molecule has 3 heterocycles. The molecule has 4 rings (SSSR count). The molecule has 1 atom stereocenters. The molecule has 5 nitrogen and oxygen atoms in total. The van der Waals surface area contributed by atoms with Crippen molar-refractivity contribution in [2.75, 3.05) is 13.1 Å². The number of carbonyl (C=O) groups excluding carboxylic acids is 1. The van der Waals surface area contributed by atoms with E-state index >= 15 is 0 Å². The first-order chi connectivity index (χ1) is 12.7. The van der Waals surface area contributed by atoms with Gasteiger partial charge in [-0.25, -0.2) is 9.37 Å². The Morgan fingerprint density at radius 2 is 2.31 bits per heavy atom. The Bertz CT molecular complexity index is 894. The van der Waals surface area contributed by atoms with Crippen LogP contribution in [0.15, 0.2) is 46.6 Å². The van der Waals surface area contributed by atoms with Crippen LogP contribution in [0.2, 0.25) is 0 Å². The van der Waals surface area contributed by atoms with Crippen molar-refractivity contribution in [3.8, 4) is 0 Å². The number of oxazole rings is 1. The fourth-order valence-corrected chi connectivity index (χ4v) is 3.87. The Labute approximate surface area is 154 Å². The number of hydrogen-bond acceptors (Lipinski definition) is 5. The normalized spacial score (nSPS) is 17.4. The molecule has 134 valence electrons. The quantitative estimate of drug-likeness (QED) is 0.698. The highest BCUT2D eigenvalue weighted by atomic mass is 32.1. The number of halogens is 1. The molecule has 1 aromatic carbocycles. The molecule has 1 fully saturated rings. The van der Waals surface area contributed by atoms with E-state index in [0.29, 0.717) is 29.5 Å². The lowest BCUT2D eigenvalue weighted by molar-refractivity contribution is 0.0702. The molecule has 3 aromatic rings. The van der Waals surface area contributed by atoms with E-state index in [1.807, 2.05) is 11.0 Å². The van der Waals surface area contributed by atoms with Gasteiger partial charge in [0.2, 0.25) is 0 Å². The first-order valence-corrected chi connectivity index (χ1v) is 9.44. The van der Waals surface area contributed by atoms with Crippen LogP contribution >= 0.6 is 11.3 Å². The average Bonchev–Trinajstić information content (AvgIpc) is 3.33. The molecule has 0 radical (unpaired) electrons. The second kappa shape index (κ2) is 7.37. The number of rotatable bonds is 4. The minimum Gasteiger partial charge on any atom is -0.445 e. The second-order valence-corrected chi connectivity index (χ2v) is 7.31. The maximum atomic E-state index is 13.3. The summed E-state index contributed by atoms with van der Waals surface area (Å²) < 4.78 is 19.2.